The summed E-state index contributed by atoms with van der Waals surface area (Å²) in [5.41, 5.74) is 2.91. The van der Waals surface area contributed by atoms with E-state index in [-0.39, 0.29) is 12.8 Å². The second-order valence-corrected chi connectivity index (χ2v) is 4.81. The first-order valence-electron chi connectivity index (χ1n) is 5.28. The number of benzene rings is 1. The molecule has 1 aromatic rings. The van der Waals surface area contributed by atoms with E-state index < -0.39 is 24.5 Å². The van der Waals surface area contributed by atoms with Gasteiger partial charge in [0, 0.05) is 16.9 Å². The van der Waals surface area contributed by atoms with Crippen LogP contribution in [-0.4, -0.2) is 12.2 Å². The molecule has 0 aliphatic rings. The summed E-state index contributed by atoms with van der Waals surface area (Å²) >= 11 is 3.22. The van der Waals surface area contributed by atoms with Crippen LogP contribution in [0.4, 0.5) is 17.6 Å². The quantitative estimate of drug-likeness (QED) is 0.494. The van der Waals surface area contributed by atoms with E-state index in [9.17, 15) is 17.6 Å². The predicted octanol–water partition coefficient (Wildman–Crippen LogP) is 3.31. The first kappa shape index (κ1) is 15.4. The summed E-state index contributed by atoms with van der Waals surface area (Å²) in [5, 5.41) is 0. The van der Waals surface area contributed by atoms with Gasteiger partial charge in [-0.25, -0.2) is 4.39 Å². The second-order valence-electron chi connectivity index (χ2n) is 3.96. The van der Waals surface area contributed by atoms with E-state index in [1.807, 2.05) is 0 Å². The van der Waals surface area contributed by atoms with Crippen LogP contribution in [0.2, 0.25) is 0 Å². The largest absolute Gasteiger partial charge is 0.389 e. The summed E-state index contributed by atoms with van der Waals surface area (Å²) in [6.07, 6.45) is -5.06. The Morgan fingerprint density at radius 1 is 1.33 bits per heavy atom. The molecule has 0 spiro atoms. The Morgan fingerprint density at radius 2 is 2.00 bits per heavy atom. The molecule has 2 nitrogen and oxygen atoms in total. The number of nitrogens with one attached hydrogen (secondary N) is 1. The maximum absolute atomic E-state index is 13.0. The Kier molecular flexibility index (Phi) is 5.55. The van der Waals surface area contributed by atoms with E-state index in [1.165, 1.54) is 18.2 Å². The smallest absolute Gasteiger partial charge is 0.271 e. The highest BCUT2D eigenvalue weighted by molar-refractivity contribution is 9.10. The maximum atomic E-state index is 13.0. The lowest BCUT2D eigenvalue weighted by molar-refractivity contribution is -0.136. The number of hydrogen-bond donors (Lipinski definition) is 2. The highest BCUT2D eigenvalue weighted by Gasteiger charge is 2.28. The van der Waals surface area contributed by atoms with Gasteiger partial charge in [-0.3, -0.25) is 11.3 Å². The molecule has 0 saturated heterocycles. The Bertz CT molecular complexity index is 395. The molecular formula is C11H13BrF4N2. The molecule has 18 heavy (non-hydrogen) atoms. The lowest BCUT2D eigenvalue weighted by Gasteiger charge is -2.17. The molecule has 0 aromatic heterocycles. The van der Waals surface area contributed by atoms with Gasteiger partial charge in [0.2, 0.25) is 0 Å². The van der Waals surface area contributed by atoms with Crippen molar-refractivity contribution in [3.63, 3.8) is 0 Å². The van der Waals surface area contributed by atoms with Crippen LogP contribution in [0.1, 0.15) is 18.4 Å². The molecule has 1 unspecified atom stereocenters. The lowest BCUT2D eigenvalue weighted by Crippen LogP contribution is -2.37. The fourth-order valence-electron chi connectivity index (χ4n) is 1.55. The molecule has 0 aliphatic carbocycles. The van der Waals surface area contributed by atoms with Crippen molar-refractivity contribution >= 4 is 15.9 Å². The number of alkyl halides is 3. The molecule has 0 amide bonds. The van der Waals surface area contributed by atoms with Crippen molar-refractivity contribution in [1.82, 2.24) is 5.43 Å². The highest BCUT2D eigenvalue weighted by atomic mass is 79.9. The standard InChI is InChI=1S/C11H13BrF4N2/c12-10-2-1-8(13)5-7(10)6-9(18-17)3-4-11(14,15)16/h1-2,5,9,18H,3-4,6,17H2. The second kappa shape index (κ2) is 6.49. The maximum Gasteiger partial charge on any atom is 0.389 e. The number of halogens is 5. The normalized spacial score (nSPS) is 13.7. The number of nitrogens with two attached hydrogens (primary N) is 1. The average molecular weight is 329 g/mol. The monoisotopic (exact) mass is 328 g/mol. The van der Waals surface area contributed by atoms with Crippen molar-refractivity contribution in [2.45, 2.75) is 31.5 Å². The van der Waals surface area contributed by atoms with E-state index in [0.29, 0.717) is 10.0 Å². The minimum atomic E-state index is -4.21. The van der Waals surface area contributed by atoms with Crippen LogP contribution in [0, 0.1) is 5.82 Å². The third-order valence-electron chi connectivity index (χ3n) is 2.49. The fraction of sp³-hybridized carbons (Fsp3) is 0.455. The van der Waals surface area contributed by atoms with Crippen LogP contribution < -0.4 is 11.3 Å². The van der Waals surface area contributed by atoms with Crippen LogP contribution in [0.5, 0.6) is 0 Å². The molecule has 1 aromatic carbocycles. The molecule has 102 valence electrons. The molecular weight excluding hydrogens is 316 g/mol. The SMILES string of the molecule is NNC(CCC(F)(F)F)Cc1cc(F)ccc1Br. The van der Waals surface area contributed by atoms with Crippen molar-refractivity contribution in [1.29, 1.82) is 0 Å². The third kappa shape index (κ3) is 5.32. The van der Waals surface area contributed by atoms with Gasteiger partial charge >= 0.3 is 6.18 Å². The van der Waals surface area contributed by atoms with Gasteiger partial charge in [-0.2, -0.15) is 13.2 Å². The van der Waals surface area contributed by atoms with Gasteiger partial charge in [-0.05, 0) is 36.6 Å². The van der Waals surface area contributed by atoms with Crippen LogP contribution in [-0.2, 0) is 6.42 Å². The van der Waals surface area contributed by atoms with E-state index in [4.69, 9.17) is 5.84 Å². The first-order chi connectivity index (χ1) is 8.31. The van der Waals surface area contributed by atoms with Gasteiger partial charge in [0.25, 0.3) is 0 Å². The third-order valence-corrected chi connectivity index (χ3v) is 3.26. The van der Waals surface area contributed by atoms with Crippen LogP contribution in [0.3, 0.4) is 0 Å². The Hall–Kier alpha value is -0.660. The van der Waals surface area contributed by atoms with Gasteiger partial charge in [-0.1, -0.05) is 15.9 Å². The van der Waals surface area contributed by atoms with Gasteiger partial charge in [0.1, 0.15) is 5.82 Å². The predicted molar refractivity (Wildman–Crippen MR) is 64.2 cm³/mol. The Labute approximate surface area is 111 Å². The van der Waals surface area contributed by atoms with Crippen LogP contribution in [0.15, 0.2) is 22.7 Å². The summed E-state index contributed by atoms with van der Waals surface area (Å²) in [6, 6.07) is 3.52. The molecule has 7 heteroatoms. The summed E-state index contributed by atoms with van der Waals surface area (Å²) in [4.78, 5) is 0. The molecule has 0 radical (unpaired) electrons. The van der Waals surface area contributed by atoms with Gasteiger partial charge < -0.3 is 0 Å². The molecule has 0 bridgehead atoms. The topological polar surface area (TPSA) is 38.0 Å². The first-order valence-corrected chi connectivity index (χ1v) is 6.08. The minimum Gasteiger partial charge on any atom is -0.271 e. The van der Waals surface area contributed by atoms with E-state index in [2.05, 4.69) is 21.4 Å². The summed E-state index contributed by atoms with van der Waals surface area (Å²) in [7, 11) is 0. The summed E-state index contributed by atoms with van der Waals surface area (Å²) < 4.78 is 50.0. The zero-order valence-electron chi connectivity index (χ0n) is 9.40. The van der Waals surface area contributed by atoms with Crippen molar-refractivity contribution in [3.05, 3.63) is 34.1 Å². The van der Waals surface area contributed by atoms with Crippen molar-refractivity contribution < 1.29 is 17.6 Å². The molecule has 1 atom stereocenters. The number of hydrogen-bond acceptors (Lipinski definition) is 2. The van der Waals surface area contributed by atoms with E-state index >= 15 is 0 Å². The average Bonchev–Trinajstić information content (AvgIpc) is 2.27. The Morgan fingerprint density at radius 3 is 2.56 bits per heavy atom. The number of hydrazine groups is 1. The molecule has 1 rings (SSSR count). The molecule has 0 fully saturated rings. The van der Waals surface area contributed by atoms with E-state index in [0.717, 1.165) is 0 Å². The summed E-state index contributed by atoms with van der Waals surface area (Å²) in [6.45, 7) is 0. The highest BCUT2D eigenvalue weighted by Crippen LogP contribution is 2.25. The zero-order valence-corrected chi connectivity index (χ0v) is 11.0. The van der Waals surface area contributed by atoms with Crippen molar-refractivity contribution in [2.75, 3.05) is 0 Å². The minimum absolute atomic E-state index is 0.150. The fourth-order valence-corrected chi connectivity index (χ4v) is 1.96. The van der Waals surface area contributed by atoms with Crippen molar-refractivity contribution in [3.8, 4) is 0 Å². The van der Waals surface area contributed by atoms with Gasteiger partial charge in [-0.15, -0.1) is 0 Å². The van der Waals surface area contributed by atoms with Crippen LogP contribution in [0.25, 0.3) is 0 Å². The van der Waals surface area contributed by atoms with Crippen LogP contribution >= 0.6 is 15.9 Å². The van der Waals surface area contributed by atoms with E-state index in [1.54, 1.807) is 0 Å². The molecule has 3 N–H and O–H groups in total. The molecule has 0 heterocycles. The summed E-state index contributed by atoms with van der Waals surface area (Å²) in [5.74, 6) is 4.78. The zero-order chi connectivity index (χ0) is 13.8. The lowest BCUT2D eigenvalue weighted by atomic mass is 10.0. The van der Waals surface area contributed by atoms with Gasteiger partial charge in [0.05, 0.1) is 0 Å². The Balaban J connectivity index is 2.65. The van der Waals surface area contributed by atoms with Crippen molar-refractivity contribution in [2.24, 2.45) is 5.84 Å². The van der Waals surface area contributed by atoms with Gasteiger partial charge in [0.15, 0.2) is 0 Å². The number of rotatable bonds is 5. The molecule has 0 saturated carbocycles. The molecule has 0 aliphatic heterocycles.